The van der Waals surface area contributed by atoms with Gasteiger partial charge in [-0.05, 0) is 12.3 Å². The van der Waals surface area contributed by atoms with Crippen LogP contribution in [0.4, 0.5) is 0 Å². The second-order valence-electron chi connectivity index (χ2n) is 4.03. The summed E-state index contributed by atoms with van der Waals surface area (Å²) in [5.41, 5.74) is 0. The van der Waals surface area contributed by atoms with Crippen LogP contribution < -0.4 is 0 Å². The molecule has 2 unspecified atom stereocenters. The van der Waals surface area contributed by atoms with Crippen molar-refractivity contribution >= 4 is 5.97 Å². The number of carboxylic acids is 1. The van der Waals surface area contributed by atoms with E-state index in [0.717, 1.165) is 25.9 Å². The van der Waals surface area contributed by atoms with Gasteiger partial charge in [0.15, 0.2) is 0 Å². The molecule has 0 saturated carbocycles. The number of carboxylic acid groups (broad SMARTS) is 1. The van der Waals surface area contributed by atoms with E-state index in [1.54, 1.807) is 0 Å². The van der Waals surface area contributed by atoms with Crippen molar-refractivity contribution in [2.45, 2.75) is 32.7 Å². The zero-order valence-corrected chi connectivity index (χ0v) is 8.94. The SMILES string of the molecule is CCC(C)CC(C(=O)O)N1CC=CC1. The van der Waals surface area contributed by atoms with E-state index in [-0.39, 0.29) is 6.04 Å². The van der Waals surface area contributed by atoms with Crippen molar-refractivity contribution in [2.75, 3.05) is 13.1 Å². The first-order valence-corrected chi connectivity index (χ1v) is 5.27. The van der Waals surface area contributed by atoms with Crippen molar-refractivity contribution in [2.24, 2.45) is 5.92 Å². The quantitative estimate of drug-likeness (QED) is 0.682. The van der Waals surface area contributed by atoms with Crippen LogP contribution in [0.3, 0.4) is 0 Å². The van der Waals surface area contributed by atoms with Crippen LogP contribution in [-0.4, -0.2) is 35.1 Å². The molecule has 14 heavy (non-hydrogen) atoms. The normalized spacial score (nSPS) is 21.0. The Labute approximate surface area is 85.4 Å². The Morgan fingerprint density at radius 3 is 2.50 bits per heavy atom. The molecule has 0 fully saturated rings. The summed E-state index contributed by atoms with van der Waals surface area (Å²) in [5, 5.41) is 9.11. The van der Waals surface area contributed by atoms with Crippen LogP contribution in [0.15, 0.2) is 12.2 Å². The topological polar surface area (TPSA) is 40.5 Å². The van der Waals surface area contributed by atoms with E-state index < -0.39 is 5.97 Å². The minimum absolute atomic E-state index is 0.306. The third-order valence-electron chi connectivity index (χ3n) is 2.89. The minimum atomic E-state index is -0.686. The van der Waals surface area contributed by atoms with Gasteiger partial charge in [0.05, 0.1) is 0 Å². The smallest absolute Gasteiger partial charge is 0.320 e. The van der Waals surface area contributed by atoms with Gasteiger partial charge in [0, 0.05) is 13.1 Å². The predicted molar refractivity (Wildman–Crippen MR) is 56.2 cm³/mol. The molecule has 0 aliphatic carbocycles. The molecule has 0 radical (unpaired) electrons. The Bertz CT molecular complexity index is 217. The fraction of sp³-hybridized carbons (Fsp3) is 0.727. The molecule has 1 N–H and O–H groups in total. The van der Waals surface area contributed by atoms with Crippen LogP contribution in [0.5, 0.6) is 0 Å². The summed E-state index contributed by atoms with van der Waals surface area (Å²) in [6.07, 6.45) is 5.87. The summed E-state index contributed by atoms with van der Waals surface area (Å²) in [6, 6.07) is -0.306. The van der Waals surface area contributed by atoms with Gasteiger partial charge in [-0.3, -0.25) is 9.69 Å². The lowest BCUT2D eigenvalue weighted by Crippen LogP contribution is -2.40. The highest BCUT2D eigenvalue weighted by atomic mass is 16.4. The van der Waals surface area contributed by atoms with Gasteiger partial charge in [-0.15, -0.1) is 0 Å². The highest BCUT2D eigenvalue weighted by molar-refractivity contribution is 5.73. The first-order valence-electron chi connectivity index (χ1n) is 5.27. The van der Waals surface area contributed by atoms with Gasteiger partial charge < -0.3 is 5.11 Å². The monoisotopic (exact) mass is 197 g/mol. The van der Waals surface area contributed by atoms with E-state index in [4.69, 9.17) is 5.11 Å². The first-order chi connectivity index (χ1) is 6.65. The van der Waals surface area contributed by atoms with Gasteiger partial charge in [-0.1, -0.05) is 32.4 Å². The second-order valence-corrected chi connectivity index (χ2v) is 4.03. The van der Waals surface area contributed by atoms with E-state index in [0.29, 0.717) is 5.92 Å². The molecule has 3 heteroatoms. The van der Waals surface area contributed by atoms with Crippen molar-refractivity contribution < 1.29 is 9.90 Å². The zero-order valence-electron chi connectivity index (χ0n) is 8.94. The Morgan fingerprint density at radius 2 is 2.07 bits per heavy atom. The van der Waals surface area contributed by atoms with Gasteiger partial charge in [-0.25, -0.2) is 0 Å². The molecular weight excluding hydrogens is 178 g/mol. The summed E-state index contributed by atoms with van der Waals surface area (Å²) >= 11 is 0. The molecule has 0 saturated heterocycles. The molecule has 2 atom stereocenters. The van der Waals surface area contributed by atoms with Gasteiger partial charge >= 0.3 is 5.97 Å². The molecule has 0 aromatic rings. The third-order valence-corrected chi connectivity index (χ3v) is 2.89. The van der Waals surface area contributed by atoms with Crippen molar-refractivity contribution in [1.82, 2.24) is 4.90 Å². The lowest BCUT2D eigenvalue weighted by molar-refractivity contribution is -0.143. The molecule has 1 heterocycles. The van der Waals surface area contributed by atoms with Gasteiger partial charge in [0.1, 0.15) is 6.04 Å². The number of carbonyl (C=O) groups is 1. The Morgan fingerprint density at radius 1 is 1.50 bits per heavy atom. The van der Waals surface area contributed by atoms with Crippen LogP contribution in [0.2, 0.25) is 0 Å². The first kappa shape index (κ1) is 11.2. The van der Waals surface area contributed by atoms with Crippen molar-refractivity contribution in [3.05, 3.63) is 12.2 Å². The summed E-state index contributed by atoms with van der Waals surface area (Å²) < 4.78 is 0. The zero-order chi connectivity index (χ0) is 10.6. The largest absolute Gasteiger partial charge is 0.480 e. The van der Waals surface area contributed by atoms with E-state index in [1.165, 1.54) is 0 Å². The average molecular weight is 197 g/mol. The minimum Gasteiger partial charge on any atom is -0.480 e. The van der Waals surface area contributed by atoms with Crippen molar-refractivity contribution in [3.63, 3.8) is 0 Å². The van der Waals surface area contributed by atoms with Gasteiger partial charge in [0.2, 0.25) is 0 Å². The molecule has 0 aromatic heterocycles. The number of hydrogen-bond donors (Lipinski definition) is 1. The van der Waals surface area contributed by atoms with Gasteiger partial charge in [-0.2, -0.15) is 0 Å². The Hall–Kier alpha value is -0.830. The molecule has 0 aromatic carbocycles. The average Bonchev–Trinajstić information content (AvgIpc) is 2.65. The van der Waals surface area contributed by atoms with E-state index >= 15 is 0 Å². The maximum atomic E-state index is 11.1. The highest BCUT2D eigenvalue weighted by Crippen LogP contribution is 2.17. The number of hydrogen-bond acceptors (Lipinski definition) is 2. The fourth-order valence-electron chi connectivity index (χ4n) is 1.70. The van der Waals surface area contributed by atoms with Crippen LogP contribution >= 0.6 is 0 Å². The standard InChI is InChI=1S/C11H19NO2/c1-3-9(2)8-10(11(13)14)12-6-4-5-7-12/h4-5,9-10H,3,6-8H2,1-2H3,(H,13,14). The Kier molecular flexibility index (Phi) is 4.14. The van der Waals surface area contributed by atoms with Crippen LogP contribution in [0.1, 0.15) is 26.7 Å². The van der Waals surface area contributed by atoms with Crippen molar-refractivity contribution in [1.29, 1.82) is 0 Å². The molecule has 1 aliphatic rings. The second kappa shape index (κ2) is 5.15. The van der Waals surface area contributed by atoms with E-state index in [9.17, 15) is 4.79 Å². The molecule has 80 valence electrons. The molecule has 0 bridgehead atoms. The maximum Gasteiger partial charge on any atom is 0.320 e. The van der Waals surface area contributed by atoms with E-state index in [2.05, 4.69) is 13.8 Å². The predicted octanol–water partition coefficient (Wildman–Crippen LogP) is 1.75. The summed E-state index contributed by atoms with van der Waals surface area (Å²) in [7, 11) is 0. The van der Waals surface area contributed by atoms with Crippen LogP contribution in [0, 0.1) is 5.92 Å². The summed E-state index contributed by atoms with van der Waals surface area (Å²) in [6.45, 7) is 5.78. The van der Waals surface area contributed by atoms with Crippen LogP contribution in [-0.2, 0) is 4.79 Å². The number of nitrogens with zero attached hydrogens (tertiary/aromatic N) is 1. The van der Waals surface area contributed by atoms with Crippen molar-refractivity contribution in [3.8, 4) is 0 Å². The fourth-order valence-corrected chi connectivity index (χ4v) is 1.70. The number of aliphatic carboxylic acids is 1. The lowest BCUT2D eigenvalue weighted by atomic mass is 9.98. The molecular formula is C11H19NO2. The summed E-state index contributed by atoms with van der Waals surface area (Å²) in [4.78, 5) is 13.1. The molecule has 0 amide bonds. The summed E-state index contributed by atoms with van der Waals surface area (Å²) in [5.74, 6) is -0.203. The highest BCUT2D eigenvalue weighted by Gasteiger charge is 2.26. The molecule has 3 nitrogen and oxygen atoms in total. The number of rotatable bonds is 5. The van der Waals surface area contributed by atoms with Gasteiger partial charge in [0.25, 0.3) is 0 Å². The molecule has 0 spiro atoms. The Balaban J connectivity index is 2.50. The van der Waals surface area contributed by atoms with Crippen LogP contribution in [0.25, 0.3) is 0 Å². The molecule has 1 aliphatic heterocycles. The third kappa shape index (κ3) is 2.84. The molecule has 1 rings (SSSR count). The maximum absolute atomic E-state index is 11.1. The lowest BCUT2D eigenvalue weighted by Gasteiger charge is -2.25. The van der Waals surface area contributed by atoms with E-state index in [1.807, 2.05) is 17.1 Å².